The largest absolute Gasteiger partial charge is 0.357 e. The van der Waals surface area contributed by atoms with Gasteiger partial charge in [0, 0.05) is 12.6 Å². The monoisotopic (exact) mass is 258 g/mol. The summed E-state index contributed by atoms with van der Waals surface area (Å²) in [4.78, 5) is 7.82. The van der Waals surface area contributed by atoms with Gasteiger partial charge in [-0.05, 0) is 20.3 Å². The van der Waals surface area contributed by atoms with Gasteiger partial charge in [-0.2, -0.15) is 0 Å². The van der Waals surface area contributed by atoms with Crippen LogP contribution >= 0.6 is 0 Å². The predicted octanol–water partition coefficient (Wildman–Crippen LogP) is 0.985. The van der Waals surface area contributed by atoms with Gasteiger partial charge >= 0.3 is 0 Å². The molecule has 96 valence electrons. The second kappa shape index (κ2) is 4.97. The summed E-state index contributed by atoms with van der Waals surface area (Å²) < 4.78 is 26.6. The average molecular weight is 258 g/mol. The fraction of sp³-hybridized carbons (Fsp3) is 0.600. The fourth-order valence-corrected chi connectivity index (χ4v) is 2.45. The van der Waals surface area contributed by atoms with Crippen LogP contribution in [0.25, 0.3) is 0 Å². The maximum atomic E-state index is 12.0. The molecule has 0 spiro atoms. The van der Waals surface area contributed by atoms with Crippen LogP contribution in [-0.2, 0) is 10.0 Å². The zero-order chi connectivity index (χ0) is 13.1. The first kappa shape index (κ1) is 13.9. The highest BCUT2D eigenvalue weighted by Gasteiger charge is 2.24. The first-order valence-corrected chi connectivity index (χ1v) is 6.83. The molecule has 0 aliphatic heterocycles. The SMILES string of the molecule is CCC(C)(C)NS(=O)(=O)c1cnc(NC)nc1. The molecule has 0 bridgehead atoms. The number of nitrogens with zero attached hydrogens (tertiary/aromatic N) is 2. The summed E-state index contributed by atoms with van der Waals surface area (Å²) in [6, 6.07) is 0. The van der Waals surface area contributed by atoms with E-state index in [1.807, 2.05) is 20.8 Å². The molecule has 1 rings (SSSR count). The molecular formula is C10H18N4O2S. The van der Waals surface area contributed by atoms with Crippen molar-refractivity contribution in [2.75, 3.05) is 12.4 Å². The summed E-state index contributed by atoms with van der Waals surface area (Å²) in [7, 11) is -1.89. The molecule has 0 unspecified atom stereocenters. The average Bonchev–Trinajstić information content (AvgIpc) is 2.28. The summed E-state index contributed by atoms with van der Waals surface area (Å²) in [6.07, 6.45) is 3.27. The number of hydrogen-bond donors (Lipinski definition) is 2. The van der Waals surface area contributed by atoms with Crippen molar-refractivity contribution in [1.82, 2.24) is 14.7 Å². The topological polar surface area (TPSA) is 84.0 Å². The maximum absolute atomic E-state index is 12.0. The Kier molecular flexibility index (Phi) is 4.05. The standard InChI is InChI=1S/C10H18N4O2S/c1-5-10(2,3)14-17(15,16)8-6-12-9(11-4)13-7-8/h6-7,14H,5H2,1-4H3,(H,11,12,13). The lowest BCUT2D eigenvalue weighted by Gasteiger charge is -2.23. The van der Waals surface area contributed by atoms with Gasteiger partial charge in [-0.25, -0.2) is 23.1 Å². The molecule has 1 aromatic heterocycles. The number of aromatic nitrogens is 2. The number of nitrogens with one attached hydrogen (secondary N) is 2. The lowest BCUT2D eigenvalue weighted by Crippen LogP contribution is -2.42. The van der Waals surface area contributed by atoms with Crippen molar-refractivity contribution >= 4 is 16.0 Å². The van der Waals surface area contributed by atoms with Crippen LogP contribution in [0.5, 0.6) is 0 Å². The Bertz CT molecular complexity index is 468. The van der Waals surface area contributed by atoms with Crippen molar-refractivity contribution in [3.63, 3.8) is 0 Å². The second-order valence-corrected chi connectivity index (χ2v) is 6.02. The summed E-state index contributed by atoms with van der Waals surface area (Å²) in [5, 5.41) is 2.73. The molecule has 0 amide bonds. The normalized spacial score (nSPS) is 12.5. The van der Waals surface area contributed by atoms with Gasteiger partial charge in [-0.15, -0.1) is 0 Å². The third-order valence-corrected chi connectivity index (χ3v) is 4.11. The molecule has 0 atom stereocenters. The van der Waals surface area contributed by atoms with Gasteiger partial charge in [0.2, 0.25) is 16.0 Å². The summed E-state index contributed by atoms with van der Waals surface area (Å²) in [6.45, 7) is 5.57. The molecule has 0 saturated carbocycles. The summed E-state index contributed by atoms with van der Waals surface area (Å²) in [5.74, 6) is 0.388. The highest BCUT2D eigenvalue weighted by molar-refractivity contribution is 7.89. The van der Waals surface area contributed by atoms with Gasteiger partial charge < -0.3 is 5.32 Å². The summed E-state index contributed by atoms with van der Waals surface area (Å²) >= 11 is 0. The second-order valence-electron chi connectivity index (χ2n) is 4.34. The Labute approximate surface area is 102 Å². The number of sulfonamides is 1. The van der Waals surface area contributed by atoms with Crippen molar-refractivity contribution in [3.05, 3.63) is 12.4 Å². The molecule has 0 aliphatic rings. The number of hydrogen-bond acceptors (Lipinski definition) is 5. The van der Waals surface area contributed by atoms with Gasteiger partial charge in [0.1, 0.15) is 4.90 Å². The maximum Gasteiger partial charge on any atom is 0.244 e. The van der Waals surface area contributed by atoms with E-state index in [0.717, 1.165) is 0 Å². The lowest BCUT2D eigenvalue weighted by atomic mass is 10.0. The third kappa shape index (κ3) is 3.64. The lowest BCUT2D eigenvalue weighted by molar-refractivity contribution is 0.439. The van der Waals surface area contributed by atoms with Crippen molar-refractivity contribution in [2.24, 2.45) is 0 Å². The van der Waals surface area contributed by atoms with E-state index >= 15 is 0 Å². The molecule has 0 aromatic carbocycles. The van der Waals surface area contributed by atoms with Crippen molar-refractivity contribution < 1.29 is 8.42 Å². The van der Waals surface area contributed by atoms with Crippen LogP contribution < -0.4 is 10.0 Å². The molecule has 0 aliphatic carbocycles. The van der Waals surface area contributed by atoms with E-state index in [2.05, 4.69) is 20.0 Å². The molecule has 17 heavy (non-hydrogen) atoms. The Morgan fingerprint density at radius 3 is 2.24 bits per heavy atom. The Hall–Kier alpha value is -1.21. The van der Waals surface area contributed by atoms with E-state index in [1.165, 1.54) is 12.4 Å². The van der Waals surface area contributed by atoms with Crippen LogP contribution in [0.3, 0.4) is 0 Å². The molecule has 0 saturated heterocycles. The molecule has 1 aromatic rings. The number of anilines is 1. The predicted molar refractivity (Wildman–Crippen MR) is 66.3 cm³/mol. The van der Waals surface area contributed by atoms with Crippen molar-refractivity contribution in [2.45, 2.75) is 37.6 Å². The Morgan fingerprint density at radius 2 is 1.82 bits per heavy atom. The van der Waals surface area contributed by atoms with Gasteiger partial charge in [-0.1, -0.05) is 6.92 Å². The van der Waals surface area contributed by atoms with Crippen LogP contribution in [0, 0.1) is 0 Å². The smallest absolute Gasteiger partial charge is 0.244 e. The molecular weight excluding hydrogens is 240 g/mol. The van der Waals surface area contributed by atoms with Gasteiger partial charge in [0.05, 0.1) is 12.4 Å². The van der Waals surface area contributed by atoms with E-state index in [0.29, 0.717) is 12.4 Å². The van der Waals surface area contributed by atoms with Gasteiger partial charge in [-0.3, -0.25) is 0 Å². The van der Waals surface area contributed by atoms with Crippen LogP contribution in [0.2, 0.25) is 0 Å². The van der Waals surface area contributed by atoms with E-state index in [-0.39, 0.29) is 4.90 Å². The molecule has 0 radical (unpaired) electrons. The van der Waals surface area contributed by atoms with E-state index in [4.69, 9.17) is 0 Å². The molecule has 2 N–H and O–H groups in total. The van der Waals surface area contributed by atoms with Gasteiger partial charge in [0.15, 0.2) is 0 Å². The minimum absolute atomic E-state index is 0.0676. The van der Waals surface area contributed by atoms with Crippen LogP contribution in [0.1, 0.15) is 27.2 Å². The zero-order valence-electron chi connectivity index (χ0n) is 10.5. The quantitative estimate of drug-likeness (QED) is 0.822. The summed E-state index contributed by atoms with van der Waals surface area (Å²) in [5.41, 5.74) is -0.486. The highest BCUT2D eigenvalue weighted by atomic mass is 32.2. The molecule has 1 heterocycles. The zero-order valence-corrected chi connectivity index (χ0v) is 11.3. The first-order chi connectivity index (χ1) is 7.80. The Balaban J connectivity index is 2.97. The van der Waals surface area contributed by atoms with Crippen molar-refractivity contribution in [3.8, 4) is 0 Å². The van der Waals surface area contributed by atoms with Crippen LogP contribution in [-0.4, -0.2) is 31.0 Å². The minimum atomic E-state index is -3.56. The highest BCUT2D eigenvalue weighted by Crippen LogP contribution is 2.14. The van der Waals surface area contributed by atoms with Crippen molar-refractivity contribution in [1.29, 1.82) is 0 Å². The van der Waals surface area contributed by atoms with E-state index < -0.39 is 15.6 Å². The Morgan fingerprint density at radius 1 is 1.29 bits per heavy atom. The van der Waals surface area contributed by atoms with E-state index in [1.54, 1.807) is 7.05 Å². The molecule has 0 fully saturated rings. The number of rotatable bonds is 5. The van der Waals surface area contributed by atoms with E-state index in [9.17, 15) is 8.42 Å². The van der Waals surface area contributed by atoms with Crippen LogP contribution in [0.4, 0.5) is 5.95 Å². The minimum Gasteiger partial charge on any atom is -0.357 e. The molecule has 7 heteroatoms. The van der Waals surface area contributed by atoms with Gasteiger partial charge in [0.25, 0.3) is 0 Å². The first-order valence-electron chi connectivity index (χ1n) is 5.34. The van der Waals surface area contributed by atoms with Crippen LogP contribution in [0.15, 0.2) is 17.3 Å². The fourth-order valence-electron chi connectivity index (χ4n) is 1.08. The molecule has 6 nitrogen and oxygen atoms in total. The third-order valence-electron chi connectivity index (χ3n) is 2.46.